The molecule has 0 aliphatic heterocycles. The van der Waals surface area contributed by atoms with Crippen molar-refractivity contribution < 1.29 is 0 Å². The van der Waals surface area contributed by atoms with Crippen molar-refractivity contribution in [2.75, 3.05) is 0 Å². The average Bonchev–Trinajstić information content (AvgIpc) is 2.48. The molecular formula is C22H32N2. The summed E-state index contributed by atoms with van der Waals surface area (Å²) in [6.45, 7) is 8.34. The van der Waals surface area contributed by atoms with Crippen molar-refractivity contribution in [3.05, 3.63) is 58.2 Å². The number of nitrogens with zero attached hydrogens (tertiary/aromatic N) is 2. The molecule has 0 saturated carbocycles. The van der Waals surface area contributed by atoms with Crippen molar-refractivity contribution in [1.29, 1.82) is 0 Å². The fourth-order valence-electron chi connectivity index (χ4n) is 3.50. The molecule has 2 nitrogen and oxygen atoms in total. The molecule has 0 N–H and O–H groups in total. The van der Waals surface area contributed by atoms with E-state index >= 15 is 0 Å². The van der Waals surface area contributed by atoms with Crippen molar-refractivity contribution in [3.63, 3.8) is 0 Å². The number of hydrogen-bond acceptors (Lipinski definition) is 2. The van der Waals surface area contributed by atoms with E-state index in [2.05, 4.69) is 61.9 Å². The summed E-state index contributed by atoms with van der Waals surface area (Å²) < 4.78 is 0. The Hall–Kier alpha value is -1.70. The third kappa shape index (κ3) is 6.82. The molecule has 0 bridgehead atoms. The predicted octanol–water partition coefficient (Wildman–Crippen LogP) is 5.84. The van der Waals surface area contributed by atoms with Crippen molar-refractivity contribution >= 4 is 0 Å². The van der Waals surface area contributed by atoms with Gasteiger partial charge in [0.05, 0.1) is 0 Å². The third-order valence-corrected chi connectivity index (χ3v) is 4.46. The van der Waals surface area contributed by atoms with Crippen molar-refractivity contribution in [2.24, 2.45) is 0 Å². The predicted molar refractivity (Wildman–Crippen MR) is 103 cm³/mol. The summed E-state index contributed by atoms with van der Waals surface area (Å²) in [6, 6.07) is 8.91. The van der Waals surface area contributed by atoms with E-state index in [9.17, 15) is 0 Å². The van der Waals surface area contributed by atoms with Gasteiger partial charge in [0.15, 0.2) is 0 Å². The molecule has 0 aromatic carbocycles. The minimum absolute atomic E-state index is 1.14. The van der Waals surface area contributed by atoms with E-state index in [1.807, 2.05) is 0 Å². The molecule has 0 aliphatic rings. The van der Waals surface area contributed by atoms with Crippen molar-refractivity contribution in [2.45, 2.75) is 79.1 Å². The Morgan fingerprint density at radius 2 is 0.792 bits per heavy atom. The summed E-state index contributed by atoms with van der Waals surface area (Å²) in [7, 11) is 0. The summed E-state index contributed by atoms with van der Waals surface area (Å²) in [6.07, 6.45) is 10.4. The highest BCUT2D eigenvalue weighted by Crippen LogP contribution is 2.14. The average molecular weight is 325 g/mol. The third-order valence-electron chi connectivity index (χ3n) is 4.46. The summed E-state index contributed by atoms with van der Waals surface area (Å²) in [4.78, 5) is 8.89. The van der Waals surface area contributed by atoms with Gasteiger partial charge in [-0.1, -0.05) is 25.7 Å². The highest BCUT2D eigenvalue weighted by atomic mass is 14.7. The van der Waals surface area contributed by atoms with Gasteiger partial charge < -0.3 is 0 Å². The summed E-state index contributed by atoms with van der Waals surface area (Å²) in [5.74, 6) is 0. The summed E-state index contributed by atoms with van der Waals surface area (Å²) >= 11 is 0. The maximum absolute atomic E-state index is 4.44. The molecule has 130 valence electrons. The van der Waals surface area contributed by atoms with E-state index in [1.165, 1.54) is 62.5 Å². The monoisotopic (exact) mass is 324 g/mol. The van der Waals surface area contributed by atoms with Gasteiger partial charge in [0.2, 0.25) is 0 Å². The van der Waals surface area contributed by atoms with Gasteiger partial charge in [0.1, 0.15) is 0 Å². The fraction of sp³-hybridized carbons (Fsp3) is 0.545. The molecule has 0 fully saturated rings. The van der Waals surface area contributed by atoms with Crippen LogP contribution >= 0.6 is 0 Å². The number of hydrogen-bond donors (Lipinski definition) is 0. The van der Waals surface area contributed by atoms with E-state index in [0.717, 1.165) is 22.8 Å². The molecule has 2 aromatic heterocycles. The summed E-state index contributed by atoms with van der Waals surface area (Å²) in [5.41, 5.74) is 7.48. The zero-order valence-electron chi connectivity index (χ0n) is 15.9. The largest absolute Gasteiger partial charge is 0.258 e. The van der Waals surface area contributed by atoms with E-state index < -0.39 is 0 Å². The molecule has 0 saturated heterocycles. The molecule has 2 rings (SSSR count). The molecule has 0 unspecified atom stereocenters. The molecular weight excluding hydrogens is 292 g/mol. The van der Waals surface area contributed by atoms with Gasteiger partial charge in [-0.05, 0) is 88.8 Å². The smallest absolute Gasteiger partial charge is 0.0378 e. The van der Waals surface area contributed by atoms with Crippen LogP contribution in [0.5, 0.6) is 0 Å². The molecule has 0 radical (unpaired) electrons. The molecule has 0 aliphatic carbocycles. The van der Waals surface area contributed by atoms with Gasteiger partial charge in [-0.3, -0.25) is 9.97 Å². The van der Waals surface area contributed by atoms with E-state index in [0.29, 0.717) is 0 Å². The standard InChI is InChI=1S/C22H32N2/c1-17-13-21(14-18(2)23-17)11-9-7-5-6-8-10-12-22-15-19(3)24-20(4)16-22/h13-16H,5-12H2,1-4H3. The molecule has 2 aromatic rings. The van der Waals surface area contributed by atoms with Crippen LogP contribution in [-0.2, 0) is 12.8 Å². The number of unbranched alkanes of at least 4 members (excludes halogenated alkanes) is 5. The minimum atomic E-state index is 1.14. The van der Waals surface area contributed by atoms with Gasteiger partial charge in [-0.2, -0.15) is 0 Å². The Labute approximate surface area is 147 Å². The molecule has 2 heteroatoms. The fourth-order valence-corrected chi connectivity index (χ4v) is 3.50. The van der Waals surface area contributed by atoms with Crippen LogP contribution in [0.1, 0.15) is 72.4 Å². The normalized spacial score (nSPS) is 11.0. The van der Waals surface area contributed by atoms with Crippen LogP contribution in [0, 0.1) is 27.7 Å². The van der Waals surface area contributed by atoms with Crippen LogP contribution in [0.15, 0.2) is 24.3 Å². The van der Waals surface area contributed by atoms with Crippen LogP contribution < -0.4 is 0 Å². The molecule has 24 heavy (non-hydrogen) atoms. The molecule has 0 atom stereocenters. The molecule has 2 heterocycles. The van der Waals surface area contributed by atoms with E-state index in [4.69, 9.17) is 0 Å². The highest BCUT2D eigenvalue weighted by Gasteiger charge is 1.99. The number of aromatic nitrogens is 2. The van der Waals surface area contributed by atoms with Crippen LogP contribution in [0.3, 0.4) is 0 Å². The first kappa shape index (κ1) is 18.6. The van der Waals surface area contributed by atoms with Crippen LogP contribution in [0.25, 0.3) is 0 Å². The summed E-state index contributed by atoms with van der Waals surface area (Å²) in [5, 5.41) is 0. The second-order valence-electron chi connectivity index (χ2n) is 7.14. The lowest BCUT2D eigenvalue weighted by Gasteiger charge is -2.06. The van der Waals surface area contributed by atoms with E-state index in [1.54, 1.807) is 0 Å². The minimum Gasteiger partial charge on any atom is -0.258 e. The van der Waals surface area contributed by atoms with Crippen molar-refractivity contribution in [1.82, 2.24) is 9.97 Å². The van der Waals surface area contributed by atoms with Gasteiger partial charge in [-0.25, -0.2) is 0 Å². The van der Waals surface area contributed by atoms with Gasteiger partial charge in [-0.15, -0.1) is 0 Å². The first-order valence-corrected chi connectivity index (χ1v) is 9.41. The van der Waals surface area contributed by atoms with Crippen LogP contribution in [0.4, 0.5) is 0 Å². The first-order valence-electron chi connectivity index (χ1n) is 9.41. The Morgan fingerprint density at radius 3 is 1.12 bits per heavy atom. The second-order valence-corrected chi connectivity index (χ2v) is 7.14. The Morgan fingerprint density at radius 1 is 0.500 bits per heavy atom. The van der Waals surface area contributed by atoms with Gasteiger partial charge in [0, 0.05) is 22.8 Å². The Bertz CT molecular complexity index is 548. The number of pyridine rings is 2. The van der Waals surface area contributed by atoms with Crippen molar-refractivity contribution in [3.8, 4) is 0 Å². The van der Waals surface area contributed by atoms with Gasteiger partial charge >= 0.3 is 0 Å². The quantitative estimate of drug-likeness (QED) is 0.542. The zero-order valence-corrected chi connectivity index (χ0v) is 15.9. The van der Waals surface area contributed by atoms with E-state index in [-0.39, 0.29) is 0 Å². The molecule has 0 spiro atoms. The lowest BCUT2D eigenvalue weighted by atomic mass is 10.0. The topological polar surface area (TPSA) is 25.8 Å². The lowest BCUT2D eigenvalue weighted by molar-refractivity contribution is 0.593. The van der Waals surface area contributed by atoms with Crippen LogP contribution in [0.2, 0.25) is 0 Å². The van der Waals surface area contributed by atoms with Gasteiger partial charge in [0.25, 0.3) is 0 Å². The second kappa shape index (κ2) is 9.56. The number of aryl methyl sites for hydroxylation is 6. The Balaban J connectivity index is 1.55. The maximum Gasteiger partial charge on any atom is 0.0378 e. The maximum atomic E-state index is 4.44. The zero-order chi connectivity index (χ0) is 17.4. The number of rotatable bonds is 9. The Kier molecular flexibility index (Phi) is 7.42. The highest BCUT2D eigenvalue weighted by molar-refractivity contribution is 5.21. The SMILES string of the molecule is Cc1cc(CCCCCCCCc2cc(C)nc(C)c2)cc(C)n1. The first-order chi connectivity index (χ1) is 11.5. The molecule has 0 amide bonds. The lowest BCUT2D eigenvalue weighted by Crippen LogP contribution is -1.93. The van der Waals surface area contributed by atoms with Crippen LogP contribution in [-0.4, -0.2) is 9.97 Å².